The Morgan fingerprint density at radius 1 is 1.27 bits per heavy atom. The summed E-state index contributed by atoms with van der Waals surface area (Å²) in [6.45, 7) is 0. The number of aldehydes is 1. The van der Waals surface area contributed by atoms with Crippen LogP contribution >= 0.6 is 11.3 Å². The fourth-order valence-electron chi connectivity index (χ4n) is 1.10. The van der Waals surface area contributed by atoms with Crippen LogP contribution in [0, 0.1) is 11.8 Å². The number of hydrogen-bond acceptors (Lipinski definition) is 4. The van der Waals surface area contributed by atoms with E-state index in [1.54, 1.807) is 12.4 Å². The first-order valence-electron chi connectivity index (χ1n) is 4.19. The molecule has 0 bridgehead atoms. The molecule has 0 aliphatic rings. The summed E-state index contributed by atoms with van der Waals surface area (Å²) in [4.78, 5) is 18.8. The second-order valence-corrected chi connectivity index (χ2v) is 3.63. The number of rotatable bonds is 1. The van der Waals surface area contributed by atoms with Crippen LogP contribution in [-0.4, -0.2) is 16.3 Å². The Morgan fingerprint density at radius 3 is 2.80 bits per heavy atom. The molecule has 72 valence electrons. The third kappa shape index (κ3) is 2.27. The van der Waals surface area contributed by atoms with E-state index in [9.17, 15) is 4.79 Å². The number of nitrogens with zero attached hydrogens (tertiary/aromatic N) is 2. The van der Waals surface area contributed by atoms with Gasteiger partial charge in [0.1, 0.15) is 6.33 Å². The lowest BCUT2D eigenvalue weighted by molar-refractivity contribution is -0.103. The van der Waals surface area contributed by atoms with E-state index in [-0.39, 0.29) is 0 Å². The molecule has 0 saturated heterocycles. The second-order valence-electron chi connectivity index (χ2n) is 2.71. The van der Waals surface area contributed by atoms with E-state index in [1.165, 1.54) is 17.7 Å². The van der Waals surface area contributed by atoms with Gasteiger partial charge in [-0.2, -0.15) is 0 Å². The maximum atomic E-state index is 10.1. The van der Waals surface area contributed by atoms with Crippen molar-refractivity contribution in [2.75, 3.05) is 0 Å². The maximum Gasteiger partial charge on any atom is 0.193 e. The molecular formula is C11H6N2OS. The monoisotopic (exact) mass is 214 g/mol. The largest absolute Gasteiger partial charge is 0.289 e. The average Bonchev–Trinajstić information content (AvgIpc) is 2.76. The smallest absolute Gasteiger partial charge is 0.193 e. The van der Waals surface area contributed by atoms with Gasteiger partial charge < -0.3 is 0 Å². The fourth-order valence-corrected chi connectivity index (χ4v) is 1.87. The van der Waals surface area contributed by atoms with Crippen LogP contribution in [0.25, 0.3) is 11.1 Å². The quantitative estimate of drug-likeness (QED) is 0.536. The zero-order valence-corrected chi connectivity index (χ0v) is 8.49. The summed E-state index contributed by atoms with van der Waals surface area (Å²) in [5.74, 6) is 5.12. The lowest BCUT2D eigenvalue weighted by Gasteiger charge is -1.92. The van der Waals surface area contributed by atoms with Gasteiger partial charge in [-0.1, -0.05) is 0 Å². The standard InChI is InChI=1S/C11H6N2OS/c14-3-1-2-11-4-9(7-15-11)10-5-12-8-13-6-10/h3-8H. The predicted molar refractivity (Wildman–Crippen MR) is 58.3 cm³/mol. The summed E-state index contributed by atoms with van der Waals surface area (Å²) in [5.41, 5.74) is 1.98. The Kier molecular flexibility index (Phi) is 2.86. The van der Waals surface area contributed by atoms with Gasteiger partial charge in [0.05, 0.1) is 4.88 Å². The number of thiophene rings is 1. The second kappa shape index (κ2) is 4.49. The molecule has 0 aliphatic heterocycles. The van der Waals surface area contributed by atoms with Crippen LogP contribution in [-0.2, 0) is 4.79 Å². The molecule has 0 saturated carbocycles. The van der Waals surface area contributed by atoms with Crippen molar-refractivity contribution in [3.05, 3.63) is 35.0 Å². The van der Waals surface area contributed by atoms with Crippen LogP contribution in [0.2, 0.25) is 0 Å². The molecule has 2 heterocycles. The van der Waals surface area contributed by atoms with Crippen molar-refractivity contribution in [2.45, 2.75) is 0 Å². The molecule has 2 aromatic rings. The summed E-state index contributed by atoms with van der Waals surface area (Å²) in [6, 6.07) is 1.92. The third-order valence-electron chi connectivity index (χ3n) is 1.75. The van der Waals surface area contributed by atoms with Gasteiger partial charge in [0.25, 0.3) is 0 Å². The Hall–Kier alpha value is -1.99. The minimum absolute atomic E-state index is 0.588. The molecule has 0 unspecified atom stereocenters. The van der Waals surface area contributed by atoms with Crippen molar-refractivity contribution in [3.63, 3.8) is 0 Å². The highest BCUT2D eigenvalue weighted by Crippen LogP contribution is 2.23. The first kappa shape index (κ1) is 9.56. The molecule has 0 radical (unpaired) electrons. The fraction of sp³-hybridized carbons (Fsp3) is 0. The number of hydrogen-bond donors (Lipinski definition) is 0. The third-order valence-corrected chi connectivity index (χ3v) is 2.59. The molecule has 2 aromatic heterocycles. The summed E-state index contributed by atoms with van der Waals surface area (Å²) >= 11 is 1.50. The highest BCUT2D eigenvalue weighted by Gasteiger charge is 2.00. The molecule has 2 rings (SSSR count). The van der Waals surface area contributed by atoms with Crippen molar-refractivity contribution < 1.29 is 4.79 Å². The molecule has 0 N–H and O–H groups in total. The van der Waals surface area contributed by atoms with Gasteiger partial charge in [0.15, 0.2) is 6.29 Å². The van der Waals surface area contributed by atoms with Gasteiger partial charge in [-0.05, 0) is 28.9 Å². The Labute approximate surface area is 90.8 Å². The number of carbonyl (C=O) groups is 1. The lowest BCUT2D eigenvalue weighted by atomic mass is 10.2. The minimum Gasteiger partial charge on any atom is -0.289 e. The van der Waals surface area contributed by atoms with Gasteiger partial charge in [-0.15, -0.1) is 11.3 Å². The molecule has 4 heteroatoms. The predicted octanol–water partition coefficient (Wildman–Crippen LogP) is 1.76. The van der Waals surface area contributed by atoms with Crippen molar-refractivity contribution >= 4 is 17.6 Å². The van der Waals surface area contributed by atoms with Gasteiger partial charge in [0, 0.05) is 18.0 Å². The number of carbonyl (C=O) groups excluding carboxylic acids is 1. The molecule has 15 heavy (non-hydrogen) atoms. The summed E-state index contributed by atoms with van der Waals surface area (Å²) in [7, 11) is 0. The van der Waals surface area contributed by atoms with Crippen LogP contribution < -0.4 is 0 Å². The van der Waals surface area contributed by atoms with Crippen molar-refractivity contribution in [3.8, 4) is 23.0 Å². The van der Waals surface area contributed by atoms with Gasteiger partial charge in [-0.3, -0.25) is 4.79 Å². The Bertz CT molecular complexity index is 522. The lowest BCUT2D eigenvalue weighted by Crippen LogP contribution is -1.78. The van der Waals surface area contributed by atoms with Crippen LogP contribution in [0.5, 0.6) is 0 Å². The molecular weight excluding hydrogens is 208 g/mol. The molecule has 0 fully saturated rings. The van der Waals surface area contributed by atoms with E-state index < -0.39 is 0 Å². The van der Waals surface area contributed by atoms with Crippen LogP contribution in [0.1, 0.15) is 4.88 Å². The van der Waals surface area contributed by atoms with Crippen molar-refractivity contribution in [2.24, 2.45) is 0 Å². The molecule has 0 spiro atoms. The zero-order valence-electron chi connectivity index (χ0n) is 7.68. The summed E-state index contributed by atoms with van der Waals surface area (Å²) in [5, 5.41) is 1.97. The van der Waals surface area contributed by atoms with Crippen molar-refractivity contribution in [1.29, 1.82) is 0 Å². The molecule has 0 atom stereocenters. The number of aromatic nitrogens is 2. The zero-order chi connectivity index (χ0) is 10.5. The average molecular weight is 214 g/mol. The summed E-state index contributed by atoms with van der Waals surface area (Å²) < 4.78 is 0. The SMILES string of the molecule is O=CC#Cc1cc(-c2cncnc2)cs1. The van der Waals surface area contributed by atoms with Crippen LogP contribution in [0.3, 0.4) is 0 Å². The van der Waals surface area contributed by atoms with Gasteiger partial charge in [0.2, 0.25) is 0 Å². The molecule has 0 aromatic carbocycles. The van der Waals surface area contributed by atoms with E-state index in [4.69, 9.17) is 0 Å². The van der Waals surface area contributed by atoms with E-state index >= 15 is 0 Å². The minimum atomic E-state index is 0.588. The van der Waals surface area contributed by atoms with Crippen LogP contribution in [0.4, 0.5) is 0 Å². The van der Waals surface area contributed by atoms with Crippen molar-refractivity contribution in [1.82, 2.24) is 9.97 Å². The molecule has 0 amide bonds. The van der Waals surface area contributed by atoms with E-state index in [0.717, 1.165) is 16.0 Å². The van der Waals surface area contributed by atoms with E-state index in [0.29, 0.717) is 6.29 Å². The first-order valence-corrected chi connectivity index (χ1v) is 5.07. The van der Waals surface area contributed by atoms with E-state index in [2.05, 4.69) is 21.8 Å². The highest BCUT2D eigenvalue weighted by molar-refractivity contribution is 7.11. The summed E-state index contributed by atoms with van der Waals surface area (Å²) in [6.07, 6.45) is 5.56. The highest BCUT2D eigenvalue weighted by atomic mass is 32.1. The topological polar surface area (TPSA) is 42.9 Å². The molecule has 0 aliphatic carbocycles. The van der Waals surface area contributed by atoms with Gasteiger partial charge in [-0.25, -0.2) is 9.97 Å². The van der Waals surface area contributed by atoms with Crippen LogP contribution in [0.15, 0.2) is 30.2 Å². The Morgan fingerprint density at radius 2 is 2.07 bits per heavy atom. The molecule has 3 nitrogen and oxygen atoms in total. The Balaban J connectivity index is 2.32. The maximum absolute atomic E-state index is 10.1. The normalized spacial score (nSPS) is 9.07. The first-order chi connectivity index (χ1) is 7.40. The van der Waals surface area contributed by atoms with Gasteiger partial charge >= 0.3 is 0 Å². The van der Waals surface area contributed by atoms with E-state index in [1.807, 2.05) is 11.4 Å².